The van der Waals surface area contributed by atoms with E-state index in [1.165, 1.54) is 17.2 Å². The second-order valence-corrected chi connectivity index (χ2v) is 17.6. The minimum absolute atomic E-state index is 0.0315. The molecule has 0 spiro atoms. The number of hydrogen-bond donors (Lipinski definition) is 7. The van der Waals surface area contributed by atoms with Crippen molar-refractivity contribution in [2.75, 3.05) is 170 Å². The van der Waals surface area contributed by atoms with Crippen molar-refractivity contribution >= 4 is 46.6 Å². The molecule has 3 saturated heterocycles. The predicted octanol–water partition coefficient (Wildman–Crippen LogP) is -1.83. The van der Waals surface area contributed by atoms with Crippen LogP contribution < -0.4 is 27.0 Å². The molecule has 0 aliphatic carbocycles. The summed E-state index contributed by atoms with van der Waals surface area (Å²) in [5, 5.41) is 32.3. The summed E-state index contributed by atoms with van der Waals surface area (Å²) >= 11 is 1.89. The average Bonchev–Trinajstić information content (AvgIpc) is 4.15. The molecule has 2 aromatic heterocycles. The highest BCUT2D eigenvalue weighted by molar-refractivity contribution is 8.00. The zero-order valence-electron chi connectivity index (χ0n) is 40.5. The van der Waals surface area contributed by atoms with Crippen LogP contribution in [-0.4, -0.2) is 247 Å². The molecule has 404 valence electrons. The first-order valence-electron chi connectivity index (χ1n) is 24.3. The third-order valence-electron chi connectivity index (χ3n) is 11.1. The number of urea groups is 1. The summed E-state index contributed by atoms with van der Waals surface area (Å²) < 4.78 is 68.1. The highest BCUT2D eigenvalue weighted by Crippen LogP contribution is 2.34. The lowest BCUT2D eigenvalue weighted by Gasteiger charge is -2.21. The first kappa shape index (κ1) is 58.2. The highest BCUT2D eigenvalue weighted by Gasteiger charge is 2.46. The Labute approximate surface area is 418 Å². The Hall–Kier alpha value is -3.65. The molecule has 8 N–H and O–H groups in total. The van der Waals surface area contributed by atoms with Gasteiger partial charge in [0.05, 0.1) is 157 Å². The molecule has 1 unspecified atom stereocenters. The number of imidazole rings is 1. The van der Waals surface area contributed by atoms with E-state index in [1.807, 2.05) is 11.8 Å². The van der Waals surface area contributed by atoms with Gasteiger partial charge in [0, 0.05) is 30.5 Å². The Morgan fingerprint density at radius 2 is 1.23 bits per heavy atom. The van der Waals surface area contributed by atoms with Crippen molar-refractivity contribution in [3.63, 3.8) is 0 Å². The molecular formula is C44H75N9O17S. The van der Waals surface area contributed by atoms with Crippen molar-refractivity contribution in [3.05, 3.63) is 12.7 Å². The Bertz CT molecular complexity index is 1780. The number of carbonyl (C=O) groups excluding carboxylic acids is 3. The summed E-state index contributed by atoms with van der Waals surface area (Å²) in [6, 6.07) is 0.376. The quantitative estimate of drug-likeness (QED) is 0.0284. The lowest BCUT2D eigenvalue weighted by molar-refractivity contribution is -0.133. The van der Waals surface area contributed by atoms with Crippen molar-refractivity contribution in [2.24, 2.45) is 0 Å². The first-order valence-corrected chi connectivity index (χ1v) is 25.4. The number of amides is 4. The molecule has 26 nitrogen and oxygen atoms in total. The van der Waals surface area contributed by atoms with Crippen molar-refractivity contribution in [3.8, 4) is 0 Å². The number of nitrogens with zero attached hydrogens (tertiary/aromatic N) is 4. The van der Waals surface area contributed by atoms with E-state index in [1.54, 1.807) is 0 Å². The van der Waals surface area contributed by atoms with Crippen LogP contribution in [0.25, 0.3) is 11.2 Å². The van der Waals surface area contributed by atoms with Crippen LogP contribution in [0.3, 0.4) is 0 Å². The van der Waals surface area contributed by atoms with Gasteiger partial charge in [0.2, 0.25) is 11.8 Å². The van der Waals surface area contributed by atoms with Crippen molar-refractivity contribution in [1.82, 2.24) is 40.8 Å². The summed E-state index contributed by atoms with van der Waals surface area (Å²) in [5.41, 5.74) is 6.58. The fourth-order valence-corrected chi connectivity index (χ4v) is 9.06. The van der Waals surface area contributed by atoms with Crippen molar-refractivity contribution in [2.45, 2.75) is 67.6 Å². The summed E-state index contributed by atoms with van der Waals surface area (Å²) in [7, 11) is 0. The number of fused-ring (bicyclic) bond motifs is 2. The Balaban J connectivity index is 0.673. The summed E-state index contributed by atoms with van der Waals surface area (Å²) in [5.74, 6) is 0.735. The van der Waals surface area contributed by atoms with Gasteiger partial charge in [-0.05, 0) is 12.8 Å². The molecule has 2 aromatic rings. The second-order valence-electron chi connectivity index (χ2n) is 16.3. The van der Waals surface area contributed by atoms with Gasteiger partial charge in [-0.15, -0.1) is 0 Å². The van der Waals surface area contributed by atoms with Gasteiger partial charge in [-0.3, -0.25) is 14.2 Å². The van der Waals surface area contributed by atoms with Crippen LogP contribution >= 0.6 is 11.8 Å². The molecule has 0 bridgehead atoms. The topological polar surface area (TPSA) is 320 Å². The lowest BCUT2D eigenvalue weighted by atomic mass is 10.0. The number of hydrogen-bond acceptors (Lipinski definition) is 22. The van der Waals surface area contributed by atoms with Gasteiger partial charge in [0.25, 0.3) is 0 Å². The molecule has 3 aliphatic heterocycles. The molecule has 4 amide bonds. The van der Waals surface area contributed by atoms with Gasteiger partial charge < -0.3 is 94.1 Å². The second kappa shape index (κ2) is 35.5. The van der Waals surface area contributed by atoms with Gasteiger partial charge >= 0.3 is 6.03 Å². The van der Waals surface area contributed by atoms with Crippen LogP contribution in [0.2, 0.25) is 0 Å². The maximum absolute atomic E-state index is 12.4. The normalized spacial score (nSPS) is 21.7. The molecule has 5 rings (SSSR count). The van der Waals surface area contributed by atoms with Crippen LogP contribution in [0.5, 0.6) is 0 Å². The number of nitrogens with one attached hydrogen (secondary N) is 4. The lowest BCUT2D eigenvalue weighted by Crippen LogP contribution is -2.39. The molecule has 7 atom stereocenters. The minimum atomic E-state index is -1.21. The number of anilines is 1. The molecule has 3 fully saturated rings. The molecule has 0 saturated carbocycles. The number of nitrogens with two attached hydrogens (primary N) is 1. The van der Waals surface area contributed by atoms with Crippen molar-refractivity contribution < 1.29 is 81.4 Å². The van der Waals surface area contributed by atoms with E-state index in [4.69, 9.17) is 62.6 Å². The molecule has 27 heteroatoms. The number of unbranched alkanes of at least 4 members (excludes halogenated alkanes) is 1. The Kier molecular flexibility index (Phi) is 29.1. The van der Waals surface area contributed by atoms with Gasteiger partial charge in [-0.1, -0.05) is 6.42 Å². The highest BCUT2D eigenvalue weighted by atomic mass is 32.2. The molecule has 0 radical (unpaired) electrons. The molecule has 0 aromatic carbocycles. The van der Waals surface area contributed by atoms with Gasteiger partial charge in [0.1, 0.15) is 36.8 Å². The Morgan fingerprint density at radius 1 is 0.718 bits per heavy atom. The zero-order chi connectivity index (χ0) is 50.1. The maximum atomic E-state index is 12.4. The summed E-state index contributed by atoms with van der Waals surface area (Å²) in [6.45, 7) is 8.41. The number of rotatable bonds is 43. The number of aliphatic hydroxyl groups excluding tert-OH is 2. The van der Waals surface area contributed by atoms with E-state index in [9.17, 15) is 24.6 Å². The number of nitrogen functional groups attached to an aromatic ring is 1. The van der Waals surface area contributed by atoms with E-state index in [-0.39, 0.29) is 49.6 Å². The molecule has 3 aliphatic rings. The first-order chi connectivity index (χ1) is 34.9. The SMILES string of the molecule is Nc1ncnc2c1ncn2C1O[C@H](CO)[C@@H](O)[C@H]1OCC(=O)NCCOCCOCCOCCOCCOCCOCCOCCOCCOCCOCCNC(=O)CCCC[C@@H]1SC[C@@H]2NC(=O)N[C@@H]21. The number of carbonyl (C=O) groups is 3. The standard InChI is InChI=1S/C44H75N9O17S/c45-41-38-42(49-30-48-41)53(31-50-38)43-40(39(57)33(27-54)70-43)69-28-36(56)47-6-8-60-10-12-62-14-16-64-18-20-66-22-24-68-26-25-67-23-21-65-19-17-63-15-13-61-11-9-59-7-5-46-35(55)4-2-1-3-34-37-32(29-71-34)51-44(58)52-37/h30-34,37,39-40,43,54,57H,1-29H2,(H,46,55)(H,47,56)(H2,45,48,49)(H2,51,52,58)/t32-,33+,34-,37-,39+,40+,43?/m0/s1. The maximum Gasteiger partial charge on any atom is 0.315 e. The molecular weight excluding hydrogens is 959 g/mol. The van der Waals surface area contributed by atoms with E-state index in [2.05, 4.69) is 36.2 Å². The molecule has 71 heavy (non-hydrogen) atoms. The number of aliphatic hydroxyl groups is 2. The van der Waals surface area contributed by atoms with Crippen LogP contribution in [0, 0.1) is 0 Å². The fraction of sp³-hybridized carbons (Fsp3) is 0.818. The molecule has 5 heterocycles. The van der Waals surface area contributed by atoms with E-state index in [0.717, 1.165) is 25.0 Å². The van der Waals surface area contributed by atoms with Gasteiger partial charge in [-0.2, -0.15) is 11.8 Å². The smallest absolute Gasteiger partial charge is 0.315 e. The van der Waals surface area contributed by atoms with Crippen LogP contribution in [0.4, 0.5) is 10.6 Å². The minimum Gasteiger partial charge on any atom is -0.394 e. The predicted molar refractivity (Wildman–Crippen MR) is 255 cm³/mol. The summed E-state index contributed by atoms with van der Waals surface area (Å²) in [4.78, 5) is 48.3. The number of ether oxygens (including phenoxy) is 12. The fourth-order valence-electron chi connectivity index (χ4n) is 7.52. The number of aromatic nitrogens is 4. The summed E-state index contributed by atoms with van der Waals surface area (Å²) in [6.07, 6.45) is 1.93. The van der Waals surface area contributed by atoms with E-state index in [0.29, 0.717) is 155 Å². The Morgan fingerprint density at radius 3 is 1.75 bits per heavy atom. The third kappa shape index (κ3) is 22.2. The number of thioether (sulfide) groups is 1. The third-order valence-corrected chi connectivity index (χ3v) is 12.6. The largest absolute Gasteiger partial charge is 0.394 e. The average molecular weight is 1030 g/mol. The van der Waals surface area contributed by atoms with Gasteiger partial charge in [0.15, 0.2) is 17.7 Å². The van der Waals surface area contributed by atoms with Crippen LogP contribution in [0.15, 0.2) is 12.7 Å². The van der Waals surface area contributed by atoms with Crippen LogP contribution in [-0.2, 0) is 66.4 Å². The van der Waals surface area contributed by atoms with E-state index >= 15 is 0 Å². The van der Waals surface area contributed by atoms with E-state index < -0.39 is 37.1 Å². The zero-order valence-corrected chi connectivity index (χ0v) is 41.3. The van der Waals surface area contributed by atoms with Gasteiger partial charge in [-0.25, -0.2) is 19.7 Å². The van der Waals surface area contributed by atoms with Crippen molar-refractivity contribution in [1.29, 1.82) is 0 Å². The monoisotopic (exact) mass is 1030 g/mol. The van der Waals surface area contributed by atoms with Crippen LogP contribution in [0.1, 0.15) is 31.9 Å².